The van der Waals surface area contributed by atoms with E-state index in [9.17, 15) is 13.5 Å². The van der Waals surface area contributed by atoms with Crippen LogP contribution in [0.15, 0.2) is 12.4 Å². The fourth-order valence-electron chi connectivity index (χ4n) is 1.37. The lowest BCUT2D eigenvalue weighted by molar-refractivity contribution is 0.153. The molecule has 1 heterocycles. The molecule has 0 fully saturated rings. The molecule has 1 aromatic heterocycles. The molecule has 0 aromatic carbocycles. The van der Waals surface area contributed by atoms with Crippen LogP contribution < -0.4 is 0 Å². The zero-order valence-electron chi connectivity index (χ0n) is 8.92. The summed E-state index contributed by atoms with van der Waals surface area (Å²) in [6.07, 6.45) is 4.72. The van der Waals surface area contributed by atoms with E-state index in [4.69, 9.17) is 0 Å². The Kier molecular flexibility index (Phi) is 3.87. The summed E-state index contributed by atoms with van der Waals surface area (Å²) in [5, 5.41) is 9.71. The summed E-state index contributed by atoms with van der Waals surface area (Å²) in [6, 6.07) is 0. The largest absolute Gasteiger partial charge is 0.385 e. The van der Waals surface area contributed by atoms with E-state index in [2.05, 4.69) is 4.98 Å². The molecule has 0 amide bonds. The highest BCUT2D eigenvalue weighted by Crippen LogP contribution is 2.15. The predicted octanol–water partition coefficient (Wildman–Crippen LogP) is 0.278. The second kappa shape index (κ2) is 4.76. The Morgan fingerprint density at radius 1 is 1.60 bits per heavy atom. The molecule has 6 heteroatoms. The molecule has 1 atom stereocenters. The number of aryl methyl sites for hydroxylation is 1. The van der Waals surface area contributed by atoms with E-state index in [-0.39, 0.29) is 5.75 Å². The maximum Gasteiger partial charge on any atom is 0.147 e. The van der Waals surface area contributed by atoms with Gasteiger partial charge in [-0.2, -0.15) is 0 Å². The number of hydrogen-bond acceptors (Lipinski definition) is 4. The maximum atomic E-state index is 10.9. The van der Waals surface area contributed by atoms with Gasteiger partial charge in [0.05, 0.1) is 0 Å². The van der Waals surface area contributed by atoms with Crippen molar-refractivity contribution in [2.45, 2.75) is 18.9 Å². The van der Waals surface area contributed by atoms with Crippen molar-refractivity contribution in [3.8, 4) is 0 Å². The lowest BCUT2D eigenvalue weighted by Gasteiger charge is -2.09. The van der Waals surface area contributed by atoms with Crippen molar-refractivity contribution in [3.63, 3.8) is 0 Å². The third-order valence-electron chi connectivity index (χ3n) is 2.15. The average molecular weight is 232 g/mol. The Hall–Kier alpha value is -0.880. The normalized spacial score (nSPS) is 14.1. The van der Waals surface area contributed by atoms with Crippen molar-refractivity contribution in [3.05, 3.63) is 18.2 Å². The van der Waals surface area contributed by atoms with E-state index >= 15 is 0 Å². The van der Waals surface area contributed by atoms with Gasteiger partial charge in [-0.3, -0.25) is 0 Å². The molecule has 5 nitrogen and oxygen atoms in total. The first-order valence-electron chi connectivity index (χ1n) is 4.73. The monoisotopic (exact) mass is 232 g/mol. The van der Waals surface area contributed by atoms with Gasteiger partial charge in [-0.1, -0.05) is 0 Å². The van der Waals surface area contributed by atoms with Crippen molar-refractivity contribution < 1.29 is 13.5 Å². The van der Waals surface area contributed by atoms with E-state index in [0.717, 1.165) is 0 Å². The fourth-order valence-corrected chi connectivity index (χ4v) is 2.06. The summed E-state index contributed by atoms with van der Waals surface area (Å²) >= 11 is 0. The molecule has 15 heavy (non-hydrogen) atoms. The van der Waals surface area contributed by atoms with Crippen molar-refractivity contribution in [1.29, 1.82) is 0 Å². The summed E-state index contributed by atoms with van der Waals surface area (Å²) in [4.78, 5) is 3.99. The van der Waals surface area contributed by atoms with Gasteiger partial charge in [0.15, 0.2) is 0 Å². The van der Waals surface area contributed by atoms with E-state index < -0.39 is 15.9 Å². The van der Waals surface area contributed by atoms with Crippen molar-refractivity contribution in [1.82, 2.24) is 9.55 Å². The van der Waals surface area contributed by atoms with Gasteiger partial charge in [-0.05, 0) is 12.8 Å². The number of hydrogen-bond donors (Lipinski definition) is 1. The Labute approximate surface area is 89.7 Å². The number of imidazole rings is 1. The second-order valence-electron chi connectivity index (χ2n) is 3.68. The minimum Gasteiger partial charge on any atom is -0.385 e. The third-order valence-corrected chi connectivity index (χ3v) is 3.18. The number of nitrogens with zero attached hydrogens (tertiary/aromatic N) is 2. The molecular formula is C9H16N2O3S. The van der Waals surface area contributed by atoms with Crippen LogP contribution in [0, 0.1) is 0 Å². The van der Waals surface area contributed by atoms with Gasteiger partial charge < -0.3 is 9.67 Å². The number of rotatable bonds is 5. The highest BCUT2D eigenvalue weighted by molar-refractivity contribution is 7.90. The Bertz CT molecular complexity index is 411. The molecule has 0 aliphatic carbocycles. The standard InChI is InChI=1S/C9H16N2O3S/c1-11-6-5-10-9(11)8(12)4-3-7-15(2,13)14/h5-6,8,12H,3-4,7H2,1-2H3. The molecule has 1 N–H and O–H groups in total. The van der Waals surface area contributed by atoms with E-state index in [1.54, 1.807) is 24.0 Å². The maximum absolute atomic E-state index is 10.9. The molecule has 1 aromatic rings. The molecular weight excluding hydrogens is 216 g/mol. The minimum atomic E-state index is -2.94. The number of aliphatic hydroxyl groups excluding tert-OH is 1. The Morgan fingerprint density at radius 3 is 2.73 bits per heavy atom. The summed E-state index contributed by atoms with van der Waals surface area (Å²) in [5.74, 6) is 0.678. The molecule has 0 bridgehead atoms. The molecule has 0 saturated carbocycles. The first-order valence-corrected chi connectivity index (χ1v) is 6.79. The van der Waals surface area contributed by atoms with Crippen LogP contribution in [-0.2, 0) is 16.9 Å². The van der Waals surface area contributed by atoms with Crippen LogP contribution in [0.2, 0.25) is 0 Å². The first kappa shape index (κ1) is 12.2. The van der Waals surface area contributed by atoms with Crippen molar-refractivity contribution >= 4 is 9.84 Å². The zero-order valence-corrected chi connectivity index (χ0v) is 9.74. The fraction of sp³-hybridized carbons (Fsp3) is 0.667. The molecule has 0 aliphatic rings. The summed E-state index contributed by atoms with van der Waals surface area (Å²) in [5.41, 5.74) is 0. The number of sulfone groups is 1. The minimum absolute atomic E-state index is 0.106. The van der Waals surface area contributed by atoms with Gasteiger partial charge in [0.1, 0.15) is 21.8 Å². The van der Waals surface area contributed by atoms with Gasteiger partial charge in [0, 0.05) is 31.4 Å². The van der Waals surface area contributed by atoms with Gasteiger partial charge >= 0.3 is 0 Å². The highest BCUT2D eigenvalue weighted by atomic mass is 32.2. The van der Waals surface area contributed by atoms with Crippen LogP contribution in [-0.4, -0.2) is 35.1 Å². The summed E-state index contributed by atoms with van der Waals surface area (Å²) in [6.45, 7) is 0. The van der Waals surface area contributed by atoms with Gasteiger partial charge in [-0.25, -0.2) is 13.4 Å². The van der Waals surface area contributed by atoms with Gasteiger partial charge in [-0.15, -0.1) is 0 Å². The SMILES string of the molecule is Cn1ccnc1C(O)CCCS(C)(=O)=O. The second-order valence-corrected chi connectivity index (χ2v) is 5.94. The lowest BCUT2D eigenvalue weighted by Crippen LogP contribution is -2.09. The first-order chi connectivity index (χ1) is 6.90. The van der Waals surface area contributed by atoms with Crippen LogP contribution in [0.5, 0.6) is 0 Å². The predicted molar refractivity (Wildman–Crippen MR) is 57.1 cm³/mol. The topological polar surface area (TPSA) is 72.2 Å². The van der Waals surface area contributed by atoms with Crippen molar-refractivity contribution in [2.75, 3.05) is 12.0 Å². The molecule has 0 aliphatic heterocycles. The van der Waals surface area contributed by atoms with Gasteiger partial charge in [0.25, 0.3) is 0 Å². The molecule has 86 valence electrons. The van der Waals surface area contributed by atoms with Crippen molar-refractivity contribution in [2.24, 2.45) is 7.05 Å². The highest BCUT2D eigenvalue weighted by Gasteiger charge is 2.13. The lowest BCUT2D eigenvalue weighted by atomic mass is 10.2. The Balaban J connectivity index is 2.44. The van der Waals surface area contributed by atoms with Gasteiger partial charge in [0.2, 0.25) is 0 Å². The quantitative estimate of drug-likeness (QED) is 0.791. The van der Waals surface area contributed by atoms with Crippen LogP contribution in [0.25, 0.3) is 0 Å². The van der Waals surface area contributed by atoms with E-state index in [0.29, 0.717) is 18.7 Å². The van der Waals surface area contributed by atoms with Crippen LogP contribution in [0.1, 0.15) is 24.8 Å². The number of aromatic nitrogens is 2. The van der Waals surface area contributed by atoms with E-state index in [1.807, 2.05) is 0 Å². The summed E-state index contributed by atoms with van der Waals surface area (Å²) in [7, 11) is -1.14. The molecule has 1 rings (SSSR count). The molecule has 0 saturated heterocycles. The Morgan fingerprint density at radius 2 is 2.27 bits per heavy atom. The summed E-state index contributed by atoms with van der Waals surface area (Å²) < 4.78 is 23.5. The zero-order chi connectivity index (χ0) is 11.5. The van der Waals surface area contributed by atoms with Crippen LogP contribution in [0.4, 0.5) is 0 Å². The molecule has 0 radical (unpaired) electrons. The third kappa shape index (κ3) is 4.01. The molecule has 1 unspecified atom stereocenters. The van der Waals surface area contributed by atoms with E-state index in [1.165, 1.54) is 6.26 Å². The average Bonchev–Trinajstić information content (AvgIpc) is 2.48. The number of aliphatic hydroxyl groups is 1. The smallest absolute Gasteiger partial charge is 0.147 e. The van der Waals surface area contributed by atoms with Crippen LogP contribution in [0.3, 0.4) is 0 Å². The molecule has 0 spiro atoms. The van der Waals surface area contributed by atoms with Crippen LogP contribution >= 0.6 is 0 Å².